The first-order chi connectivity index (χ1) is 9.99. The topological polar surface area (TPSA) is 33.5 Å². The van der Waals surface area contributed by atoms with E-state index in [0.717, 1.165) is 17.1 Å². The number of benzene rings is 1. The smallest absolute Gasteiger partial charge is 0.245 e. The predicted octanol–water partition coefficient (Wildman–Crippen LogP) is 4.31. The Morgan fingerprint density at radius 2 is 1.86 bits per heavy atom. The lowest BCUT2D eigenvalue weighted by Gasteiger charge is -2.28. The Morgan fingerprint density at radius 1 is 1.19 bits per heavy atom. The summed E-state index contributed by atoms with van der Waals surface area (Å²) in [7, 11) is 0. The summed E-state index contributed by atoms with van der Waals surface area (Å²) in [5, 5.41) is -0.676. The fraction of sp³-hybridized carbons (Fsp3) is 0.353. The maximum atomic E-state index is 12.6. The molecule has 1 heterocycles. The van der Waals surface area contributed by atoms with Gasteiger partial charge in [-0.05, 0) is 38.5 Å². The minimum absolute atomic E-state index is 0.0490. The SMILES string of the molecule is Cc1ccc(CN(C(=O)C(Cl)c2ccccc2)C(C)C)o1. The molecule has 112 valence electrons. The predicted molar refractivity (Wildman–Crippen MR) is 84.2 cm³/mol. The highest BCUT2D eigenvalue weighted by atomic mass is 35.5. The first kappa shape index (κ1) is 15.6. The van der Waals surface area contributed by atoms with Gasteiger partial charge in [-0.25, -0.2) is 0 Å². The van der Waals surface area contributed by atoms with E-state index in [2.05, 4.69) is 0 Å². The number of rotatable bonds is 5. The number of hydrogen-bond donors (Lipinski definition) is 0. The van der Waals surface area contributed by atoms with Gasteiger partial charge < -0.3 is 9.32 Å². The summed E-state index contributed by atoms with van der Waals surface area (Å²) in [5.41, 5.74) is 0.811. The van der Waals surface area contributed by atoms with Crippen LogP contribution in [0.2, 0.25) is 0 Å². The van der Waals surface area contributed by atoms with Crippen molar-refractivity contribution in [3.8, 4) is 0 Å². The molecule has 2 rings (SSSR count). The van der Waals surface area contributed by atoms with E-state index in [4.69, 9.17) is 16.0 Å². The average Bonchev–Trinajstić information content (AvgIpc) is 2.89. The van der Waals surface area contributed by atoms with Gasteiger partial charge in [0, 0.05) is 6.04 Å². The minimum Gasteiger partial charge on any atom is -0.464 e. The van der Waals surface area contributed by atoms with Crippen molar-refractivity contribution in [1.29, 1.82) is 0 Å². The molecule has 0 aliphatic heterocycles. The highest BCUT2D eigenvalue weighted by Crippen LogP contribution is 2.25. The molecule has 0 aliphatic rings. The van der Waals surface area contributed by atoms with Crippen molar-refractivity contribution in [2.45, 2.75) is 38.7 Å². The van der Waals surface area contributed by atoms with Crippen LogP contribution in [0.25, 0.3) is 0 Å². The van der Waals surface area contributed by atoms with Gasteiger partial charge in [0.2, 0.25) is 5.91 Å². The molecule has 0 radical (unpaired) electrons. The second-order valence-corrected chi connectivity index (χ2v) is 5.78. The van der Waals surface area contributed by atoms with E-state index in [-0.39, 0.29) is 11.9 Å². The number of carbonyl (C=O) groups excluding carboxylic acids is 1. The van der Waals surface area contributed by atoms with Crippen molar-refractivity contribution in [2.24, 2.45) is 0 Å². The molecular formula is C17H20ClNO2. The second-order valence-electron chi connectivity index (χ2n) is 5.35. The van der Waals surface area contributed by atoms with Crippen molar-refractivity contribution in [1.82, 2.24) is 4.90 Å². The Bertz CT molecular complexity index is 592. The molecule has 0 saturated carbocycles. The van der Waals surface area contributed by atoms with Gasteiger partial charge in [0.1, 0.15) is 16.9 Å². The van der Waals surface area contributed by atoms with Crippen molar-refractivity contribution < 1.29 is 9.21 Å². The average molecular weight is 306 g/mol. The molecule has 21 heavy (non-hydrogen) atoms. The fourth-order valence-electron chi connectivity index (χ4n) is 2.16. The van der Waals surface area contributed by atoms with Gasteiger partial charge in [-0.15, -0.1) is 11.6 Å². The van der Waals surface area contributed by atoms with Crippen LogP contribution < -0.4 is 0 Å². The molecule has 0 saturated heterocycles. The van der Waals surface area contributed by atoms with Gasteiger partial charge in [-0.3, -0.25) is 4.79 Å². The zero-order valence-corrected chi connectivity index (χ0v) is 13.3. The highest BCUT2D eigenvalue weighted by molar-refractivity contribution is 6.30. The summed E-state index contributed by atoms with van der Waals surface area (Å²) < 4.78 is 5.56. The van der Waals surface area contributed by atoms with Gasteiger partial charge in [0.25, 0.3) is 0 Å². The summed E-state index contributed by atoms with van der Waals surface area (Å²) in [6, 6.07) is 13.2. The highest BCUT2D eigenvalue weighted by Gasteiger charge is 2.26. The molecule has 1 amide bonds. The zero-order chi connectivity index (χ0) is 15.4. The molecule has 0 bridgehead atoms. The monoisotopic (exact) mass is 305 g/mol. The van der Waals surface area contributed by atoms with Crippen molar-refractivity contribution in [3.63, 3.8) is 0 Å². The van der Waals surface area contributed by atoms with Gasteiger partial charge in [-0.2, -0.15) is 0 Å². The maximum absolute atomic E-state index is 12.6. The minimum atomic E-state index is -0.676. The fourth-order valence-corrected chi connectivity index (χ4v) is 2.43. The Labute approximate surface area is 130 Å². The largest absolute Gasteiger partial charge is 0.464 e. The number of alkyl halides is 1. The van der Waals surface area contributed by atoms with Gasteiger partial charge in [0.05, 0.1) is 6.54 Å². The second kappa shape index (κ2) is 6.81. The van der Waals surface area contributed by atoms with Gasteiger partial charge in [0.15, 0.2) is 0 Å². The van der Waals surface area contributed by atoms with E-state index in [0.29, 0.717) is 6.54 Å². The van der Waals surface area contributed by atoms with Crippen LogP contribution in [0, 0.1) is 6.92 Å². The van der Waals surface area contributed by atoms with Crippen LogP contribution >= 0.6 is 11.6 Å². The number of carbonyl (C=O) groups is 1. The number of halogens is 1. The number of aryl methyl sites for hydroxylation is 1. The molecule has 1 aromatic heterocycles. The summed E-state index contributed by atoms with van der Waals surface area (Å²) in [4.78, 5) is 14.4. The molecule has 3 nitrogen and oxygen atoms in total. The third kappa shape index (κ3) is 3.88. The van der Waals surface area contributed by atoms with Crippen molar-refractivity contribution >= 4 is 17.5 Å². The Morgan fingerprint density at radius 3 is 2.38 bits per heavy atom. The van der Waals surface area contributed by atoms with Crippen LogP contribution in [0.4, 0.5) is 0 Å². The van der Waals surface area contributed by atoms with E-state index in [1.165, 1.54) is 0 Å². The normalized spacial score (nSPS) is 12.4. The van der Waals surface area contributed by atoms with E-state index in [9.17, 15) is 4.79 Å². The summed E-state index contributed by atoms with van der Waals surface area (Å²) >= 11 is 6.35. The third-order valence-corrected chi connectivity index (χ3v) is 3.78. The van der Waals surface area contributed by atoms with E-state index >= 15 is 0 Å². The number of nitrogens with zero attached hydrogens (tertiary/aromatic N) is 1. The Balaban J connectivity index is 2.16. The number of hydrogen-bond acceptors (Lipinski definition) is 2. The van der Waals surface area contributed by atoms with Crippen LogP contribution in [0.5, 0.6) is 0 Å². The van der Waals surface area contributed by atoms with E-state index in [1.54, 1.807) is 4.90 Å². The molecule has 0 aliphatic carbocycles. The molecule has 0 spiro atoms. The lowest BCUT2D eigenvalue weighted by molar-refractivity contribution is -0.133. The van der Waals surface area contributed by atoms with Gasteiger partial charge in [-0.1, -0.05) is 30.3 Å². The zero-order valence-electron chi connectivity index (χ0n) is 12.5. The first-order valence-electron chi connectivity index (χ1n) is 7.04. The molecule has 2 aromatic rings. The van der Waals surface area contributed by atoms with Gasteiger partial charge >= 0.3 is 0 Å². The standard InChI is InChI=1S/C17H20ClNO2/c1-12(2)19(11-15-10-9-13(3)21-15)17(20)16(18)14-7-5-4-6-8-14/h4-10,12,16H,11H2,1-3H3. The molecular weight excluding hydrogens is 286 g/mol. The van der Waals surface area contributed by atoms with E-state index in [1.807, 2.05) is 63.2 Å². The maximum Gasteiger partial charge on any atom is 0.245 e. The van der Waals surface area contributed by atoms with E-state index < -0.39 is 5.38 Å². The van der Waals surface area contributed by atoms with Crippen LogP contribution in [0.1, 0.15) is 36.3 Å². The van der Waals surface area contributed by atoms with Crippen molar-refractivity contribution in [3.05, 3.63) is 59.5 Å². The lowest BCUT2D eigenvalue weighted by Crippen LogP contribution is -2.38. The summed E-state index contributed by atoms with van der Waals surface area (Å²) in [6.07, 6.45) is 0. The molecule has 1 unspecified atom stereocenters. The molecule has 0 N–H and O–H groups in total. The Kier molecular flexibility index (Phi) is 5.07. The lowest BCUT2D eigenvalue weighted by atomic mass is 10.1. The molecule has 1 aromatic carbocycles. The molecule has 1 atom stereocenters. The number of amides is 1. The Hall–Kier alpha value is -1.74. The summed E-state index contributed by atoms with van der Waals surface area (Å²) in [6.45, 7) is 6.27. The van der Waals surface area contributed by atoms with Crippen LogP contribution in [0.15, 0.2) is 46.9 Å². The van der Waals surface area contributed by atoms with Crippen LogP contribution in [-0.2, 0) is 11.3 Å². The van der Waals surface area contributed by atoms with Crippen LogP contribution in [0.3, 0.4) is 0 Å². The number of furan rings is 1. The molecule has 4 heteroatoms. The quantitative estimate of drug-likeness (QED) is 0.771. The van der Waals surface area contributed by atoms with Crippen molar-refractivity contribution in [2.75, 3.05) is 0 Å². The summed E-state index contributed by atoms with van der Waals surface area (Å²) in [5.74, 6) is 1.50. The third-order valence-electron chi connectivity index (χ3n) is 3.34. The molecule has 0 fully saturated rings. The first-order valence-corrected chi connectivity index (χ1v) is 7.47. The van der Waals surface area contributed by atoms with Crippen LogP contribution in [-0.4, -0.2) is 16.8 Å².